The van der Waals surface area contributed by atoms with Gasteiger partial charge in [-0.25, -0.2) is 0 Å². The molecule has 0 aliphatic rings. The van der Waals surface area contributed by atoms with Gasteiger partial charge in [-0.3, -0.25) is 4.79 Å². The number of nitrogens with zero attached hydrogens (tertiary/aromatic N) is 1. The van der Waals surface area contributed by atoms with Crippen LogP contribution in [0, 0.1) is 0 Å². The second-order valence-corrected chi connectivity index (χ2v) is 5.77. The third kappa shape index (κ3) is 5.76. The molecule has 0 saturated heterocycles. The highest BCUT2D eigenvalue weighted by Gasteiger charge is 2.17. The molecule has 1 amide bonds. The first kappa shape index (κ1) is 17.5. The van der Waals surface area contributed by atoms with Gasteiger partial charge in [0, 0.05) is 19.2 Å². The van der Waals surface area contributed by atoms with Crippen molar-refractivity contribution in [2.24, 2.45) is 0 Å². The molecule has 118 valence electrons. The van der Waals surface area contributed by atoms with E-state index in [-0.39, 0.29) is 25.2 Å². The molecule has 0 aliphatic carbocycles. The normalized spacial score (nSPS) is 11.0. The second-order valence-electron chi connectivity index (χ2n) is 5.77. The predicted molar refractivity (Wildman–Crippen MR) is 84.6 cm³/mol. The van der Waals surface area contributed by atoms with E-state index in [4.69, 9.17) is 9.84 Å². The maximum Gasteiger partial charge on any atom is 0.260 e. The van der Waals surface area contributed by atoms with Crippen LogP contribution >= 0.6 is 0 Å². The van der Waals surface area contributed by atoms with E-state index in [2.05, 4.69) is 19.9 Å². The van der Waals surface area contributed by atoms with Crippen molar-refractivity contribution in [2.75, 3.05) is 19.8 Å². The van der Waals surface area contributed by atoms with E-state index in [1.807, 2.05) is 32.0 Å². The number of aliphatic hydroxyl groups is 1. The molecule has 1 N–H and O–H groups in total. The molecule has 1 aromatic rings. The third-order valence-corrected chi connectivity index (χ3v) is 3.39. The molecule has 0 atom stereocenters. The van der Waals surface area contributed by atoms with Crippen molar-refractivity contribution < 1.29 is 14.6 Å². The van der Waals surface area contributed by atoms with E-state index in [9.17, 15) is 4.79 Å². The van der Waals surface area contributed by atoms with Gasteiger partial charge in [0.1, 0.15) is 5.75 Å². The highest BCUT2D eigenvalue weighted by molar-refractivity contribution is 5.78. The molecule has 4 nitrogen and oxygen atoms in total. The minimum Gasteiger partial charge on any atom is -0.484 e. The number of aliphatic hydroxyl groups excluding tert-OH is 1. The molecule has 0 fully saturated rings. The third-order valence-electron chi connectivity index (χ3n) is 3.39. The van der Waals surface area contributed by atoms with Crippen molar-refractivity contribution in [1.82, 2.24) is 4.90 Å². The van der Waals surface area contributed by atoms with Crippen molar-refractivity contribution in [2.45, 2.75) is 46.1 Å². The molecule has 0 radical (unpaired) electrons. The minimum atomic E-state index is -0.0478. The molecular formula is C17H27NO3. The lowest BCUT2D eigenvalue weighted by Gasteiger charge is -2.26. The summed E-state index contributed by atoms with van der Waals surface area (Å²) in [6.07, 6.45) is 0.590. The molecule has 0 spiro atoms. The smallest absolute Gasteiger partial charge is 0.260 e. The first-order chi connectivity index (χ1) is 9.95. The fraction of sp³-hybridized carbons (Fsp3) is 0.588. The number of amides is 1. The number of ether oxygens (including phenoxy) is 1. The first-order valence-electron chi connectivity index (χ1n) is 7.58. The molecule has 0 aliphatic heterocycles. The van der Waals surface area contributed by atoms with Crippen LogP contribution in [0.15, 0.2) is 24.3 Å². The molecule has 1 aromatic carbocycles. The number of carbonyl (C=O) groups excluding carboxylic acids is 1. The van der Waals surface area contributed by atoms with Crippen LogP contribution < -0.4 is 4.74 Å². The van der Waals surface area contributed by atoms with Crippen LogP contribution in [-0.2, 0) is 4.79 Å². The summed E-state index contributed by atoms with van der Waals surface area (Å²) in [5.74, 6) is 1.11. The SMILES string of the molecule is CC(C)c1cccc(OCC(=O)N(CCCO)C(C)C)c1. The molecule has 1 rings (SSSR count). The summed E-state index contributed by atoms with van der Waals surface area (Å²) >= 11 is 0. The Labute approximate surface area is 127 Å². The van der Waals surface area contributed by atoms with Gasteiger partial charge in [-0.1, -0.05) is 26.0 Å². The fourth-order valence-electron chi connectivity index (χ4n) is 2.10. The lowest BCUT2D eigenvalue weighted by atomic mass is 10.0. The minimum absolute atomic E-state index is 0.0329. The molecule has 0 bridgehead atoms. The maximum absolute atomic E-state index is 12.2. The van der Waals surface area contributed by atoms with Gasteiger partial charge in [0.2, 0.25) is 0 Å². The van der Waals surface area contributed by atoms with E-state index in [0.717, 1.165) is 5.75 Å². The van der Waals surface area contributed by atoms with Crippen LogP contribution in [-0.4, -0.2) is 41.7 Å². The zero-order valence-electron chi connectivity index (χ0n) is 13.5. The highest BCUT2D eigenvalue weighted by atomic mass is 16.5. The number of hydrogen-bond donors (Lipinski definition) is 1. The van der Waals surface area contributed by atoms with E-state index in [0.29, 0.717) is 18.9 Å². The molecule has 0 aromatic heterocycles. The first-order valence-corrected chi connectivity index (χ1v) is 7.58. The molecular weight excluding hydrogens is 266 g/mol. The highest BCUT2D eigenvalue weighted by Crippen LogP contribution is 2.20. The van der Waals surface area contributed by atoms with Crippen molar-refractivity contribution in [3.05, 3.63) is 29.8 Å². The summed E-state index contributed by atoms with van der Waals surface area (Å²) in [6, 6.07) is 7.95. The van der Waals surface area contributed by atoms with Gasteiger partial charge >= 0.3 is 0 Å². The Bertz CT molecular complexity index is 443. The van der Waals surface area contributed by atoms with Gasteiger partial charge in [-0.2, -0.15) is 0 Å². The number of hydrogen-bond acceptors (Lipinski definition) is 3. The van der Waals surface area contributed by atoms with Crippen LogP contribution in [0.2, 0.25) is 0 Å². The molecule has 21 heavy (non-hydrogen) atoms. The van der Waals surface area contributed by atoms with Gasteiger partial charge in [0.05, 0.1) is 0 Å². The van der Waals surface area contributed by atoms with Crippen molar-refractivity contribution >= 4 is 5.91 Å². The van der Waals surface area contributed by atoms with Gasteiger partial charge < -0.3 is 14.7 Å². The Hall–Kier alpha value is -1.55. The zero-order valence-corrected chi connectivity index (χ0v) is 13.5. The Morgan fingerprint density at radius 3 is 2.57 bits per heavy atom. The number of carbonyl (C=O) groups is 1. The summed E-state index contributed by atoms with van der Waals surface area (Å²) in [5.41, 5.74) is 1.20. The summed E-state index contributed by atoms with van der Waals surface area (Å²) < 4.78 is 5.62. The Kier molecular flexibility index (Phi) is 7.23. The van der Waals surface area contributed by atoms with Gasteiger partial charge in [0.15, 0.2) is 6.61 Å². The Balaban J connectivity index is 2.60. The van der Waals surface area contributed by atoms with E-state index >= 15 is 0 Å². The lowest BCUT2D eigenvalue weighted by Crippen LogP contribution is -2.40. The zero-order chi connectivity index (χ0) is 15.8. The van der Waals surface area contributed by atoms with Crippen molar-refractivity contribution in [3.8, 4) is 5.75 Å². The van der Waals surface area contributed by atoms with Crippen molar-refractivity contribution in [3.63, 3.8) is 0 Å². The topological polar surface area (TPSA) is 49.8 Å². The van der Waals surface area contributed by atoms with E-state index in [1.54, 1.807) is 4.90 Å². The number of benzene rings is 1. The summed E-state index contributed by atoms with van der Waals surface area (Å²) in [4.78, 5) is 13.9. The number of rotatable bonds is 8. The summed E-state index contributed by atoms with van der Waals surface area (Å²) in [7, 11) is 0. The monoisotopic (exact) mass is 293 g/mol. The van der Waals surface area contributed by atoms with Crippen LogP contribution in [0.4, 0.5) is 0 Å². The van der Waals surface area contributed by atoms with Crippen LogP contribution in [0.25, 0.3) is 0 Å². The second kappa shape index (κ2) is 8.67. The Morgan fingerprint density at radius 1 is 1.29 bits per heavy atom. The average Bonchev–Trinajstić information content (AvgIpc) is 2.45. The predicted octanol–water partition coefficient (Wildman–Crippen LogP) is 2.81. The molecule has 0 unspecified atom stereocenters. The van der Waals surface area contributed by atoms with Gasteiger partial charge in [-0.05, 0) is 43.9 Å². The maximum atomic E-state index is 12.2. The van der Waals surface area contributed by atoms with Crippen molar-refractivity contribution in [1.29, 1.82) is 0 Å². The van der Waals surface area contributed by atoms with E-state index in [1.165, 1.54) is 5.56 Å². The lowest BCUT2D eigenvalue weighted by molar-refractivity contribution is -0.135. The van der Waals surface area contributed by atoms with Crippen LogP contribution in [0.3, 0.4) is 0 Å². The fourth-order valence-corrected chi connectivity index (χ4v) is 2.10. The standard InChI is InChI=1S/C17H27NO3/c1-13(2)15-7-5-8-16(11-15)21-12-17(20)18(14(3)4)9-6-10-19/h5,7-8,11,13-14,19H,6,9-10,12H2,1-4H3. The van der Waals surface area contributed by atoms with E-state index < -0.39 is 0 Å². The van der Waals surface area contributed by atoms with Gasteiger partial charge in [-0.15, -0.1) is 0 Å². The molecule has 4 heteroatoms. The Morgan fingerprint density at radius 2 is 2.00 bits per heavy atom. The molecule has 0 saturated carbocycles. The largest absolute Gasteiger partial charge is 0.484 e. The van der Waals surface area contributed by atoms with Crippen LogP contribution in [0.1, 0.15) is 45.6 Å². The van der Waals surface area contributed by atoms with Crippen LogP contribution in [0.5, 0.6) is 5.75 Å². The van der Waals surface area contributed by atoms with Gasteiger partial charge in [0.25, 0.3) is 5.91 Å². The quantitative estimate of drug-likeness (QED) is 0.802. The molecule has 0 heterocycles. The average molecular weight is 293 g/mol. The summed E-state index contributed by atoms with van der Waals surface area (Å²) in [5, 5.41) is 8.90. The summed E-state index contributed by atoms with van der Waals surface area (Å²) in [6.45, 7) is 8.87.